The summed E-state index contributed by atoms with van der Waals surface area (Å²) in [7, 11) is 1.29. The number of halogens is 3. The van der Waals surface area contributed by atoms with Gasteiger partial charge in [0.15, 0.2) is 0 Å². The fraction of sp³-hybridized carbons (Fsp3) is 0.429. The number of carbonyl (C=O) groups is 1. The first-order valence-corrected chi connectivity index (χ1v) is 9.89. The Morgan fingerprint density at radius 3 is 2.68 bits per heavy atom. The fourth-order valence-corrected chi connectivity index (χ4v) is 4.68. The van der Waals surface area contributed by atoms with Gasteiger partial charge < -0.3 is 14.5 Å². The van der Waals surface area contributed by atoms with E-state index in [1.165, 1.54) is 25.0 Å². The number of methoxy groups -OCH3 is 1. The van der Waals surface area contributed by atoms with Crippen LogP contribution in [0.2, 0.25) is 0 Å². The molecule has 2 aliphatic rings. The van der Waals surface area contributed by atoms with E-state index in [-0.39, 0.29) is 54.3 Å². The van der Waals surface area contributed by atoms with Gasteiger partial charge in [0.1, 0.15) is 17.5 Å². The molecule has 2 aliphatic heterocycles. The van der Waals surface area contributed by atoms with Crippen molar-refractivity contribution in [1.82, 2.24) is 14.9 Å². The number of aromatic nitrogens is 2. The molecule has 0 bridgehead atoms. The van der Waals surface area contributed by atoms with E-state index in [4.69, 9.17) is 10.1 Å². The Morgan fingerprint density at radius 2 is 2.03 bits per heavy atom. The van der Waals surface area contributed by atoms with Crippen molar-refractivity contribution >= 4 is 17.7 Å². The normalized spacial score (nSPS) is 23.4. The number of hydrogen-bond acceptors (Lipinski definition) is 6. The van der Waals surface area contributed by atoms with E-state index in [2.05, 4.69) is 9.97 Å². The second-order valence-electron chi connectivity index (χ2n) is 7.85. The number of amidine groups is 1. The zero-order valence-corrected chi connectivity index (χ0v) is 17.4. The van der Waals surface area contributed by atoms with Crippen molar-refractivity contribution in [3.8, 4) is 5.88 Å². The van der Waals surface area contributed by atoms with Gasteiger partial charge >= 0.3 is 0 Å². The summed E-state index contributed by atoms with van der Waals surface area (Å²) in [5.41, 5.74) is -0.856. The van der Waals surface area contributed by atoms with Crippen LogP contribution in [-0.2, 0) is 10.2 Å². The second kappa shape index (κ2) is 7.51. The van der Waals surface area contributed by atoms with Crippen LogP contribution in [0.1, 0.15) is 24.6 Å². The van der Waals surface area contributed by atoms with Gasteiger partial charge in [0.05, 0.1) is 18.7 Å². The fourth-order valence-electron chi connectivity index (χ4n) is 4.68. The van der Waals surface area contributed by atoms with Crippen molar-refractivity contribution in [2.24, 2.45) is 5.92 Å². The molecule has 0 unspecified atom stereocenters. The number of likely N-dealkylation sites (tertiary alicyclic amines) is 1. The van der Waals surface area contributed by atoms with Crippen molar-refractivity contribution in [3.05, 3.63) is 46.9 Å². The summed E-state index contributed by atoms with van der Waals surface area (Å²) in [6.07, 6.45) is 0.0909. The molecule has 7 nitrogen and oxygen atoms in total. The molecule has 164 valence electrons. The van der Waals surface area contributed by atoms with E-state index >= 15 is 0 Å². The van der Waals surface area contributed by atoms with Crippen LogP contribution in [0.5, 0.6) is 5.88 Å². The molecule has 0 aliphatic carbocycles. The molecule has 31 heavy (non-hydrogen) atoms. The molecule has 4 rings (SSSR count). The van der Waals surface area contributed by atoms with Crippen molar-refractivity contribution in [2.45, 2.75) is 25.7 Å². The standard InChI is InChI=1S/C21H22F3N5O2/c1-4-29-16(25)8-21(13-6-5-12(22)7-15(13)23)10-28(9-14(21)19(29)30)20-26-11(2)17(24)18(27-20)31-3/h5-7,14,25H,4,8-10H2,1-3H3/t14-,21-/m0/s1. The Bertz CT molecular complexity index is 1080. The molecule has 10 heteroatoms. The minimum atomic E-state index is -1.10. The lowest BCUT2D eigenvalue weighted by Gasteiger charge is -2.42. The molecule has 1 aromatic heterocycles. The van der Waals surface area contributed by atoms with Crippen molar-refractivity contribution < 1.29 is 22.7 Å². The van der Waals surface area contributed by atoms with Gasteiger partial charge in [0.2, 0.25) is 17.7 Å². The molecule has 0 radical (unpaired) electrons. The summed E-state index contributed by atoms with van der Waals surface area (Å²) < 4.78 is 47.7. The summed E-state index contributed by atoms with van der Waals surface area (Å²) in [5, 5.41) is 8.40. The highest BCUT2D eigenvalue weighted by molar-refractivity contribution is 6.03. The Morgan fingerprint density at radius 1 is 1.29 bits per heavy atom. The van der Waals surface area contributed by atoms with Crippen LogP contribution in [0.15, 0.2) is 18.2 Å². The Kier molecular flexibility index (Phi) is 5.10. The van der Waals surface area contributed by atoms with Crippen molar-refractivity contribution in [3.63, 3.8) is 0 Å². The molecule has 2 fully saturated rings. The Hall–Kier alpha value is -3.17. The number of nitrogens with one attached hydrogen (secondary N) is 1. The molecular formula is C21H22F3N5O2. The number of aryl methyl sites for hydroxylation is 1. The molecule has 3 heterocycles. The highest BCUT2D eigenvalue weighted by Gasteiger charge is 2.57. The largest absolute Gasteiger partial charge is 0.479 e. The van der Waals surface area contributed by atoms with Crippen LogP contribution in [0.4, 0.5) is 19.1 Å². The number of nitrogens with zero attached hydrogens (tertiary/aromatic N) is 4. The van der Waals surface area contributed by atoms with Gasteiger partial charge in [-0.25, -0.2) is 13.8 Å². The summed E-state index contributed by atoms with van der Waals surface area (Å²) in [5.74, 6) is -3.20. The second-order valence-corrected chi connectivity index (χ2v) is 7.85. The maximum atomic E-state index is 14.9. The minimum absolute atomic E-state index is 0.0723. The Labute approximate surface area is 177 Å². The predicted octanol–water partition coefficient (Wildman–Crippen LogP) is 2.81. The quantitative estimate of drug-likeness (QED) is 0.802. The number of carbonyl (C=O) groups excluding carboxylic acids is 1. The number of fused-ring (bicyclic) bond motifs is 1. The molecule has 0 spiro atoms. The molecule has 1 amide bonds. The molecule has 2 saturated heterocycles. The lowest BCUT2D eigenvalue weighted by molar-refractivity contribution is -0.134. The van der Waals surface area contributed by atoms with E-state index in [9.17, 15) is 18.0 Å². The third-order valence-corrected chi connectivity index (χ3v) is 6.15. The first kappa shape index (κ1) is 21.1. The van der Waals surface area contributed by atoms with Gasteiger partial charge in [-0.3, -0.25) is 10.2 Å². The molecule has 2 atom stereocenters. The van der Waals surface area contributed by atoms with Gasteiger partial charge in [-0.15, -0.1) is 0 Å². The first-order valence-electron chi connectivity index (χ1n) is 9.89. The highest BCUT2D eigenvalue weighted by atomic mass is 19.1. The smallest absolute Gasteiger partial charge is 0.255 e. The number of amides is 1. The summed E-state index contributed by atoms with van der Waals surface area (Å²) in [6, 6.07) is 3.26. The topological polar surface area (TPSA) is 82.4 Å². The van der Waals surface area contributed by atoms with Crippen molar-refractivity contribution in [1.29, 1.82) is 5.41 Å². The van der Waals surface area contributed by atoms with Crippen LogP contribution < -0.4 is 9.64 Å². The third kappa shape index (κ3) is 3.21. The minimum Gasteiger partial charge on any atom is -0.479 e. The van der Waals surface area contributed by atoms with Gasteiger partial charge in [-0.1, -0.05) is 6.07 Å². The molecule has 0 saturated carbocycles. The number of hydrogen-bond donors (Lipinski definition) is 1. The van der Waals surface area contributed by atoms with E-state index in [0.717, 1.165) is 12.1 Å². The number of benzene rings is 1. The lowest BCUT2D eigenvalue weighted by Crippen LogP contribution is -2.56. The van der Waals surface area contributed by atoms with Crippen LogP contribution in [0.25, 0.3) is 0 Å². The predicted molar refractivity (Wildman–Crippen MR) is 107 cm³/mol. The maximum Gasteiger partial charge on any atom is 0.255 e. The summed E-state index contributed by atoms with van der Waals surface area (Å²) >= 11 is 0. The van der Waals surface area contributed by atoms with Gasteiger partial charge in [-0.05, 0) is 25.5 Å². The highest BCUT2D eigenvalue weighted by Crippen LogP contribution is 2.48. The third-order valence-electron chi connectivity index (χ3n) is 6.15. The Balaban J connectivity index is 1.84. The summed E-state index contributed by atoms with van der Waals surface area (Å²) in [4.78, 5) is 24.6. The summed E-state index contributed by atoms with van der Waals surface area (Å²) in [6.45, 7) is 3.81. The van der Waals surface area contributed by atoms with E-state index < -0.39 is 28.8 Å². The van der Waals surface area contributed by atoms with Gasteiger partial charge in [0, 0.05) is 37.5 Å². The number of rotatable bonds is 4. The van der Waals surface area contributed by atoms with Gasteiger partial charge in [-0.2, -0.15) is 9.37 Å². The van der Waals surface area contributed by atoms with Crippen LogP contribution in [-0.4, -0.2) is 53.4 Å². The number of anilines is 1. The SMILES string of the molecule is CCN1C(=N)C[C@@]2(c3ccc(F)cc3F)CN(c3nc(C)c(F)c(OC)n3)C[C@H]2C1=O. The van der Waals surface area contributed by atoms with E-state index in [1.54, 1.807) is 11.8 Å². The van der Waals surface area contributed by atoms with Crippen molar-refractivity contribution in [2.75, 3.05) is 31.6 Å². The van der Waals surface area contributed by atoms with Crippen LogP contribution >= 0.6 is 0 Å². The first-order chi connectivity index (χ1) is 14.7. The van der Waals surface area contributed by atoms with Crippen LogP contribution in [0.3, 0.4) is 0 Å². The molecule has 1 N–H and O–H groups in total. The average Bonchev–Trinajstić information content (AvgIpc) is 3.10. The molecule has 2 aromatic rings. The zero-order valence-electron chi connectivity index (χ0n) is 17.4. The number of piperidine rings is 1. The maximum absolute atomic E-state index is 14.9. The molecule has 1 aromatic carbocycles. The zero-order chi connectivity index (χ0) is 22.5. The van der Waals surface area contributed by atoms with E-state index in [0.29, 0.717) is 6.54 Å². The van der Waals surface area contributed by atoms with E-state index in [1.807, 2.05) is 0 Å². The van der Waals surface area contributed by atoms with Gasteiger partial charge in [0.25, 0.3) is 5.88 Å². The average molecular weight is 433 g/mol. The lowest BCUT2D eigenvalue weighted by atomic mass is 9.67. The number of ether oxygens (including phenoxy) is 1. The molecular weight excluding hydrogens is 411 g/mol. The monoisotopic (exact) mass is 433 g/mol. The van der Waals surface area contributed by atoms with Crippen LogP contribution in [0, 0.1) is 35.7 Å².